The van der Waals surface area contributed by atoms with Crippen LogP contribution in [0.5, 0.6) is 0 Å². The summed E-state index contributed by atoms with van der Waals surface area (Å²) in [5.41, 5.74) is 1.24. The first kappa shape index (κ1) is 34.6. The third-order valence-electron chi connectivity index (χ3n) is 7.46. The van der Waals surface area contributed by atoms with Crippen molar-refractivity contribution in [1.29, 1.82) is 0 Å². The van der Waals surface area contributed by atoms with Crippen molar-refractivity contribution in [2.24, 2.45) is 11.8 Å². The number of ketones is 1. The number of carbonyl (C=O) groups is 5. The molecule has 0 saturated carbocycles. The molecule has 1 aromatic carbocycles. The molecular weight excluding hydrogens is 604 g/mol. The SMILES string of the molecule is CC1=C\[C@@H](OC(=O)Nc2ccccc2)CC(=O)Cc2nc(co2)C(=O)N2CCC=C2C(=O)O[C@H](C(C)C)[C@H](C)/C=C/C(=O)NC\C=C\1. The summed E-state index contributed by atoms with van der Waals surface area (Å²) in [4.78, 5) is 70.4. The van der Waals surface area contributed by atoms with Gasteiger partial charge in [0.05, 0.1) is 6.42 Å². The lowest BCUT2D eigenvalue weighted by Gasteiger charge is -2.27. The van der Waals surface area contributed by atoms with Gasteiger partial charge in [0, 0.05) is 31.1 Å². The number of rotatable bonds is 3. The summed E-state index contributed by atoms with van der Waals surface area (Å²) in [6.45, 7) is 7.90. The van der Waals surface area contributed by atoms with E-state index in [2.05, 4.69) is 15.6 Å². The number of para-hydroxylation sites is 1. The summed E-state index contributed by atoms with van der Waals surface area (Å²) in [6.07, 6.45) is 8.70. The molecule has 0 aliphatic carbocycles. The molecule has 0 saturated heterocycles. The van der Waals surface area contributed by atoms with E-state index < -0.39 is 30.2 Å². The van der Waals surface area contributed by atoms with Gasteiger partial charge in [0.15, 0.2) is 5.69 Å². The largest absolute Gasteiger partial charge is 0.457 e. The molecule has 1 aromatic heterocycles. The molecule has 2 bridgehead atoms. The van der Waals surface area contributed by atoms with E-state index in [9.17, 15) is 24.0 Å². The predicted octanol–water partition coefficient (Wildman–Crippen LogP) is 4.92. The number of aromatic nitrogens is 1. The topological polar surface area (TPSA) is 157 Å². The zero-order valence-corrected chi connectivity index (χ0v) is 26.9. The normalized spacial score (nSPS) is 24.3. The number of Topliss-reactive ketones (excluding diaryl/α,β-unsaturated/α-hetero) is 1. The van der Waals surface area contributed by atoms with Crippen molar-refractivity contribution in [3.05, 3.63) is 95.9 Å². The van der Waals surface area contributed by atoms with Crippen molar-refractivity contribution < 1.29 is 37.9 Å². The molecule has 12 nitrogen and oxygen atoms in total. The van der Waals surface area contributed by atoms with Gasteiger partial charge in [-0.25, -0.2) is 14.6 Å². The third-order valence-corrected chi connectivity index (χ3v) is 7.46. The number of benzene rings is 1. The van der Waals surface area contributed by atoms with Gasteiger partial charge in [-0.05, 0) is 43.5 Å². The Kier molecular flexibility index (Phi) is 12.0. The van der Waals surface area contributed by atoms with Gasteiger partial charge >= 0.3 is 12.1 Å². The molecular formula is C35H40N4O8. The average molecular weight is 645 g/mol. The molecule has 248 valence electrons. The molecule has 0 radical (unpaired) electrons. The molecule has 47 heavy (non-hydrogen) atoms. The lowest BCUT2D eigenvalue weighted by molar-refractivity contribution is -0.149. The highest BCUT2D eigenvalue weighted by Gasteiger charge is 2.33. The van der Waals surface area contributed by atoms with E-state index in [4.69, 9.17) is 13.9 Å². The molecule has 0 fully saturated rings. The van der Waals surface area contributed by atoms with Crippen molar-refractivity contribution in [3.8, 4) is 0 Å². The minimum atomic E-state index is -0.940. The maximum atomic E-state index is 13.4. The van der Waals surface area contributed by atoms with Gasteiger partial charge in [0.25, 0.3) is 5.91 Å². The minimum Gasteiger partial charge on any atom is -0.457 e. The van der Waals surface area contributed by atoms with Crippen LogP contribution in [0, 0.1) is 11.8 Å². The lowest BCUT2D eigenvalue weighted by Crippen LogP contribution is -2.36. The molecule has 2 aliphatic rings. The Morgan fingerprint density at radius 2 is 1.89 bits per heavy atom. The second-order valence-corrected chi connectivity index (χ2v) is 11.7. The van der Waals surface area contributed by atoms with Crippen molar-refractivity contribution in [3.63, 3.8) is 0 Å². The second-order valence-electron chi connectivity index (χ2n) is 11.7. The van der Waals surface area contributed by atoms with Crippen LogP contribution in [0.4, 0.5) is 10.5 Å². The van der Waals surface area contributed by atoms with E-state index in [-0.39, 0.29) is 66.7 Å². The van der Waals surface area contributed by atoms with Gasteiger partial charge in [-0.2, -0.15) is 0 Å². The van der Waals surface area contributed by atoms with E-state index in [0.717, 1.165) is 6.26 Å². The van der Waals surface area contributed by atoms with Crippen molar-refractivity contribution in [1.82, 2.24) is 15.2 Å². The van der Waals surface area contributed by atoms with Gasteiger partial charge in [0.1, 0.15) is 30.0 Å². The Bertz CT molecular complexity index is 1590. The first-order valence-corrected chi connectivity index (χ1v) is 15.5. The first-order valence-electron chi connectivity index (χ1n) is 15.5. The Hall–Kier alpha value is -5.26. The fourth-order valence-corrected chi connectivity index (χ4v) is 5.20. The first-order chi connectivity index (χ1) is 22.5. The summed E-state index contributed by atoms with van der Waals surface area (Å²) in [5, 5.41) is 5.40. The van der Waals surface area contributed by atoms with Crippen LogP contribution < -0.4 is 10.6 Å². The van der Waals surface area contributed by atoms with Crippen LogP contribution >= 0.6 is 0 Å². The molecule has 2 aromatic rings. The number of cyclic esters (lactones) is 1. The number of amides is 3. The van der Waals surface area contributed by atoms with Gasteiger partial charge in [-0.1, -0.05) is 68.8 Å². The summed E-state index contributed by atoms with van der Waals surface area (Å²) in [5.74, 6) is -2.28. The van der Waals surface area contributed by atoms with Crippen LogP contribution in [-0.2, 0) is 30.3 Å². The third kappa shape index (κ3) is 10.1. The molecule has 2 aliphatic heterocycles. The van der Waals surface area contributed by atoms with E-state index in [1.54, 1.807) is 61.6 Å². The maximum Gasteiger partial charge on any atom is 0.412 e. The Morgan fingerprint density at radius 3 is 2.64 bits per heavy atom. The molecule has 3 atom stereocenters. The minimum absolute atomic E-state index is 0.00774. The predicted molar refractivity (Wildman–Crippen MR) is 173 cm³/mol. The van der Waals surface area contributed by atoms with Crippen LogP contribution in [0.1, 0.15) is 56.9 Å². The Labute approximate surface area is 273 Å². The highest BCUT2D eigenvalue weighted by molar-refractivity contribution is 6.00. The number of nitrogens with one attached hydrogen (secondary N) is 2. The number of allylic oxidation sites excluding steroid dienone is 2. The molecule has 3 heterocycles. The molecule has 4 rings (SSSR count). The van der Waals surface area contributed by atoms with Crippen LogP contribution in [0.15, 0.2) is 88.7 Å². The second kappa shape index (κ2) is 16.3. The van der Waals surface area contributed by atoms with Crippen molar-refractivity contribution in [2.45, 2.75) is 59.2 Å². The molecule has 12 heteroatoms. The zero-order chi connectivity index (χ0) is 33.9. The summed E-state index contributed by atoms with van der Waals surface area (Å²) >= 11 is 0. The smallest absolute Gasteiger partial charge is 0.412 e. The number of anilines is 1. The van der Waals surface area contributed by atoms with Gasteiger partial charge in [-0.3, -0.25) is 19.7 Å². The highest BCUT2D eigenvalue weighted by atomic mass is 16.6. The summed E-state index contributed by atoms with van der Waals surface area (Å²) < 4.78 is 16.9. The van der Waals surface area contributed by atoms with E-state index in [1.807, 2.05) is 26.8 Å². The van der Waals surface area contributed by atoms with Crippen LogP contribution in [0.3, 0.4) is 0 Å². The number of esters is 1. The van der Waals surface area contributed by atoms with E-state index in [1.165, 1.54) is 11.0 Å². The van der Waals surface area contributed by atoms with E-state index in [0.29, 0.717) is 17.7 Å². The molecule has 3 amide bonds. The van der Waals surface area contributed by atoms with Gasteiger partial charge in [0.2, 0.25) is 11.8 Å². The monoisotopic (exact) mass is 644 g/mol. The zero-order valence-electron chi connectivity index (χ0n) is 26.9. The number of nitrogens with zero attached hydrogens (tertiary/aromatic N) is 2. The summed E-state index contributed by atoms with van der Waals surface area (Å²) in [7, 11) is 0. The van der Waals surface area contributed by atoms with E-state index >= 15 is 0 Å². The quantitative estimate of drug-likeness (QED) is 0.443. The number of hydrogen-bond acceptors (Lipinski definition) is 9. The van der Waals surface area contributed by atoms with Crippen molar-refractivity contribution in [2.75, 3.05) is 18.4 Å². The van der Waals surface area contributed by atoms with Crippen LogP contribution in [0.2, 0.25) is 0 Å². The van der Waals surface area contributed by atoms with Gasteiger partial charge < -0.3 is 24.1 Å². The molecule has 0 unspecified atom stereocenters. The number of carbonyl (C=O) groups excluding carboxylic acids is 5. The number of hydrogen-bond donors (Lipinski definition) is 2. The average Bonchev–Trinajstić information content (AvgIpc) is 3.70. The fraction of sp³-hybridized carbons (Fsp3) is 0.371. The maximum absolute atomic E-state index is 13.4. The molecule has 2 N–H and O–H groups in total. The number of ether oxygens (including phenoxy) is 2. The Balaban J connectivity index is 1.58. The van der Waals surface area contributed by atoms with Gasteiger partial charge in [-0.15, -0.1) is 0 Å². The Morgan fingerprint density at radius 1 is 1.13 bits per heavy atom. The van der Waals surface area contributed by atoms with Crippen molar-refractivity contribution >= 4 is 35.3 Å². The van der Waals surface area contributed by atoms with Crippen LogP contribution in [0.25, 0.3) is 0 Å². The highest BCUT2D eigenvalue weighted by Crippen LogP contribution is 2.25. The fourth-order valence-electron chi connectivity index (χ4n) is 5.20. The number of fused-ring (bicyclic) bond motifs is 3. The summed E-state index contributed by atoms with van der Waals surface area (Å²) in [6, 6.07) is 8.74. The van der Waals surface area contributed by atoms with Crippen LogP contribution in [-0.4, -0.2) is 64.8 Å². The number of oxazole rings is 1. The standard InChI is InChI=1S/C35H40N4O8/c1-22(2)32-24(4)14-15-30(41)36-16-8-10-23(3)18-27(46-35(44)37-25-11-6-5-7-12-25)19-26(40)20-31-38-28(21-45-31)33(42)39-17-9-13-29(39)34(43)47-32/h5-8,10-15,18,21-22,24,27,32H,9,16-17,19-20H2,1-4H3,(H,36,41)(H,37,44)/b10-8+,15-14+,23-18+/t24-,27-,32-/m1/s1. The lowest BCUT2D eigenvalue weighted by atomic mass is 9.94. The molecule has 0 spiro atoms.